The number of rotatable bonds is 5. The number of imide groups is 1. The zero-order valence-corrected chi connectivity index (χ0v) is 20.7. The number of carbonyl (C=O) groups excluding carboxylic acids is 2. The van der Waals surface area contributed by atoms with Crippen LogP contribution in [0.5, 0.6) is 0 Å². The maximum atomic E-state index is 13.4. The van der Waals surface area contributed by atoms with E-state index in [1.54, 1.807) is 0 Å². The SMILES string of the molecule is Cc1c(/C=C2/SC(=O)N(Cc3cccc4ccccc34)C2=O)c2ccccc2n1Cc1ccccc1. The van der Waals surface area contributed by atoms with Gasteiger partial charge in [0.2, 0.25) is 0 Å². The van der Waals surface area contributed by atoms with Gasteiger partial charge in [-0.2, -0.15) is 0 Å². The minimum absolute atomic E-state index is 0.232. The van der Waals surface area contributed by atoms with Gasteiger partial charge in [-0.25, -0.2) is 0 Å². The van der Waals surface area contributed by atoms with E-state index in [-0.39, 0.29) is 17.7 Å². The van der Waals surface area contributed by atoms with Crippen molar-refractivity contribution >= 4 is 50.7 Å². The van der Waals surface area contributed by atoms with Gasteiger partial charge in [0, 0.05) is 28.7 Å². The van der Waals surface area contributed by atoms with Crippen LogP contribution >= 0.6 is 11.8 Å². The van der Waals surface area contributed by atoms with Crippen molar-refractivity contribution in [2.24, 2.45) is 0 Å². The standard InChI is InChI=1S/C31H24N2O2S/c1-21-27(26-16-7-8-17-28(26)32(21)19-22-10-3-2-4-11-22)18-29-30(34)33(31(35)36-29)20-24-14-9-13-23-12-5-6-15-25(23)24/h2-18H,19-20H2,1H3/b29-18+. The van der Waals surface area contributed by atoms with Crippen LogP contribution in [0.2, 0.25) is 0 Å². The van der Waals surface area contributed by atoms with E-state index in [9.17, 15) is 9.59 Å². The van der Waals surface area contributed by atoms with Gasteiger partial charge in [0.1, 0.15) is 0 Å². The summed E-state index contributed by atoms with van der Waals surface area (Å²) in [5.74, 6) is -0.239. The molecule has 0 N–H and O–H groups in total. The van der Waals surface area contributed by atoms with E-state index < -0.39 is 0 Å². The summed E-state index contributed by atoms with van der Waals surface area (Å²) in [6.07, 6.45) is 1.90. The van der Waals surface area contributed by atoms with Crippen molar-refractivity contribution in [3.05, 3.63) is 124 Å². The molecule has 4 aromatic carbocycles. The normalized spacial score (nSPS) is 15.0. The predicted molar refractivity (Wildman–Crippen MR) is 148 cm³/mol. The lowest BCUT2D eigenvalue weighted by molar-refractivity contribution is -0.123. The maximum absolute atomic E-state index is 13.4. The van der Waals surface area contributed by atoms with E-state index in [0.29, 0.717) is 4.91 Å². The maximum Gasteiger partial charge on any atom is 0.293 e. The van der Waals surface area contributed by atoms with E-state index in [1.165, 1.54) is 10.5 Å². The predicted octanol–water partition coefficient (Wildman–Crippen LogP) is 7.39. The van der Waals surface area contributed by atoms with Gasteiger partial charge in [-0.1, -0.05) is 91.0 Å². The van der Waals surface area contributed by atoms with E-state index in [1.807, 2.05) is 78.9 Å². The van der Waals surface area contributed by atoms with Crippen molar-refractivity contribution in [1.82, 2.24) is 9.47 Å². The Bertz CT molecular complexity index is 1660. The van der Waals surface area contributed by atoms with Crippen LogP contribution in [0.1, 0.15) is 22.4 Å². The Morgan fingerprint density at radius 3 is 2.28 bits per heavy atom. The van der Waals surface area contributed by atoms with Crippen LogP contribution in [-0.2, 0) is 17.9 Å². The van der Waals surface area contributed by atoms with E-state index in [2.05, 4.69) is 35.8 Å². The van der Waals surface area contributed by atoms with Crippen LogP contribution in [-0.4, -0.2) is 20.6 Å². The van der Waals surface area contributed by atoms with Gasteiger partial charge in [0.05, 0.1) is 11.4 Å². The molecular weight excluding hydrogens is 464 g/mol. The molecule has 0 saturated carbocycles. The van der Waals surface area contributed by atoms with Crippen LogP contribution < -0.4 is 0 Å². The Morgan fingerprint density at radius 1 is 0.750 bits per heavy atom. The van der Waals surface area contributed by atoms with Crippen LogP contribution in [0.25, 0.3) is 27.8 Å². The lowest BCUT2D eigenvalue weighted by atomic mass is 10.0. The number of benzene rings is 4. The number of amides is 2. The minimum Gasteiger partial charge on any atom is -0.340 e. The van der Waals surface area contributed by atoms with E-state index in [0.717, 1.165) is 56.8 Å². The van der Waals surface area contributed by atoms with Crippen LogP contribution in [0.4, 0.5) is 4.79 Å². The first kappa shape index (κ1) is 22.4. The van der Waals surface area contributed by atoms with Crippen molar-refractivity contribution in [1.29, 1.82) is 0 Å². The summed E-state index contributed by atoms with van der Waals surface area (Å²) < 4.78 is 2.27. The number of hydrogen-bond acceptors (Lipinski definition) is 3. The zero-order valence-electron chi connectivity index (χ0n) is 19.8. The second-order valence-corrected chi connectivity index (χ2v) is 9.99. The fourth-order valence-electron chi connectivity index (χ4n) is 4.98. The molecule has 1 fully saturated rings. The molecule has 1 aromatic heterocycles. The smallest absolute Gasteiger partial charge is 0.293 e. The minimum atomic E-state index is -0.239. The van der Waals surface area contributed by atoms with Gasteiger partial charge in [-0.15, -0.1) is 0 Å². The fourth-order valence-corrected chi connectivity index (χ4v) is 5.80. The molecule has 2 amide bonds. The molecule has 176 valence electrons. The quantitative estimate of drug-likeness (QED) is 0.242. The lowest BCUT2D eigenvalue weighted by Crippen LogP contribution is -2.27. The summed E-state index contributed by atoms with van der Waals surface area (Å²) in [5, 5.41) is 3.00. The summed E-state index contributed by atoms with van der Waals surface area (Å²) in [7, 11) is 0. The number of para-hydroxylation sites is 1. The third kappa shape index (κ3) is 3.91. The summed E-state index contributed by atoms with van der Waals surface area (Å²) in [4.78, 5) is 28.2. The number of thioether (sulfide) groups is 1. The molecule has 36 heavy (non-hydrogen) atoms. The highest BCUT2D eigenvalue weighted by atomic mass is 32.2. The molecule has 4 nitrogen and oxygen atoms in total. The highest BCUT2D eigenvalue weighted by Gasteiger charge is 2.35. The van der Waals surface area contributed by atoms with Gasteiger partial charge in [0.15, 0.2) is 0 Å². The molecule has 1 aliphatic rings. The molecule has 1 aliphatic heterocycles. The fraction of sp³-hybridized carbons (Fsp3) is 0.0968. The molecule has 5 heteroatoms. The number of carbonyl (C=O) groups is 2. The first-order valence-electron chi connectivity index (χ1n) is 11.9. The van der Waals surface area contributed by atoms with Gasteiger partial charge in [-0.05, 0) is 52.7 Å². The third-order valence-corrected chi connectivity index (χ3v) is 7.73. The topological polar surface area (TPSA) is 42.3 Å². The highest BCUT2D eigenvalue weighted by molar-refractivity contribution is 8.18. The van der Waals surface area contributed by atoms with Crippen molar-refractivity contribution in [3.8, 4) is 0 Å². The van der Waals surface area contributed by atoms with Gasteiger partial charge in [-0.3, -0.25) is 14.5 Å². The number of aromatic nitrogens is 1. The Labute approximate surface area is 213 Å². The first-order chi connectivity index (χ1) is 17.6. The first-order valence-corrected chi connectivity index (χ1v) is 12.8. The molecule has 5 aromatic rings. The molecule has 0 bridgehead atoms. The van der Waals surface area contributed by atoms with Gasteiger partial charge in [0.25, 0.3) is 11.1 Å². The third-order valence-electron chi connectivity index (χ3n) is 6.82. The molecule has 0 unspecified atom stereocenters. The zero-order chi connectivity index (χ0) is 24.6. The number of hydrogen-bond donors (Lipinski definition) is 0. The number of fused-ring (bicyclic) bond motifs is 2. The molecule has 0 spiro atoms. The summed E-state index contributed by atoms with van der Waals surface area (Å²) >= 11 is 1.02. The summed E-state index contributed by atoms with van der Waals surface area (Å²) in [5.41, 5.74) is 5.34. The van der Waals surface area contributed by atoms with Gasteiger partial charge >= 0.3 is 0 Å². The molecule has 1 saturated heterocycles. The second kappa shape index (κ2) is 9.17. The molecule has 0 radical (unpaired) electrons. The number of nitrogens with zero attached hydrogens (tertiary/aromatic N) is 2. The summed E-state index contributed by atoms with van der Waals surface area (Å²) in [6.45, 7) is 3.08. The Morgan fingerprint density at radius 2 is 1.44 bits per heavy atom. The summed E-state index contributed by atoms with van der Waals surface area (Å²) in [6, 6.07) is 32.6. The Balaban J connectivity index is 1.36. The Kier molecular flexibility index (Phi) is 5.70. The van der Waals surface area contributed by atoms with Crippen molar-refractivity contribution in [2.75, 3.05) is 0 Å². The second-order valence-electron chi connectivity index (χ2n) is 8.99. The monoisotopic (exact) mass is 488 g/mol. The van der Waals surface area contributed by atoms with Crippen molar-refractivity contribution in [3.63, 3.8) is 0 Å². The lowest BCUT2D eigenvalue weighted by Gasteiger charge is -2.14. The van der Waals surface area contributed by atoms with Crippen molar-refractivity contribution < 1.29 is 9.59 Å². The molecular formula is C31H24N2O2S. The van der Waals surface area contributed by atoms with E-state index >= 15 is 0 Å². The van der Waals surface area contributed by atoms with Crippen LogP contribution in [0, 0.1) is 6.92 Å². The highest BCUT2D eigenvalue weighted by Crippen LogP contribution is 2.37. The molecule has 6 rings (SSSR count). The molecule has 2 heterocycles. The average molecular weight is 489 g/mol. The Hall–Kier alpha value is -4.09. The molecule has 0 aliphatic carbocycles. The van der Waals surface area contributed by atoms with Crippen LogP contribution in [0.15, 0.2) is 102 Å². The van der Waals surface area contributed by atoms with Crippen LogP contribution in [0.3, 0.4) is 0 Å². The largest absolute Gasteiger partial charge is 0.340 e. The van der Waals surface area contributed by atoms with E-state index in [4.69, 9.17) is 0 Å². The van der Waals surface area contributed by atoms with Gasteiger partial charge < -0.3 is 4.57 Å². The molecule has 0 atom stereocenters. The van der Waals surface area contributed by atoms with Crippen molar-refractivity contribution in [2.45, 2.75) is 20.0 Å². The average Bonchev–Trinajstić information content (AvgIpc) is 3.32.